The number of anilines is 1. The quantitative estimate of drug-likeness (QED) is 0.704. The average molecular weight is 452 g/mol. The first-order valence-corrected chi connectivity index (χ1v) is 9.53. The molecule has 0 saturated carbocycles. The number of sulfonamides is 1. The van der Waals surface area contributed by atoms with E-state index in [0.29, 0.717) is 13.7 Å². The largest absolute Gasteiger partial charge is 0.391 e. The molecule has 2 N–H and O–H groups in total. The van der Waals surface area contributed by atoms with E-state index in [1.165, 1.54) is 18.2 Å². The van der Waals surface area contributed by atoms with Gasteiger partial charge in [-0.2, -0.15) is 0 Å². The fraction of sp³-hybridized carbons (Fsp3) is 0.0909. The molecule has 0 aliphatic rings. The van der Waals surface area contributed by atoms with Gasteiger partial charge in [0.2, 0.25) is 0 Å². The maximum absolute atomic E-state index is 12.4. The Labute approximate surface area is 148 Å². The van der Waals surface area contributed by atoms with Crippen LogP contribution in [0.2, 0.25) is 15.1 Å². The van der Waals surface area contributed by atoms with Gasteiger partial charge in [-0.25, -0.2) is 8.42 Å². The molecule has 2 rings (SSSR count). The summed E-state index contributed by atoms with van der Waals surface area (Å²) in [5, 5.41) is 9.54. The highest BCUT2D eigenvalue weighted by Gasteiger charge is 2.23. The van der Waals surface area contributed by atoms with Crippen LogP contribution in [0.4, 0.5) is 5.69 Å². The molecular formula is C11H7BrCl3NO3S2. The van der Waals surface area contributed by atoms with E-state index in [0.717, 1.165) is 11.3 Å². The van der Waals surface area contributed by atoms with Crippen LogP contribution in [0, 0.1) is 0 Å². The highest BCUT2D eigenvalue weighted by atomic mass is 79.9. The van der Waals surface area contributed by atoms with Crippen LogP contribution >= 0.6 is 62.1 Å². The smallest absolute Gasteiger partial charge is 0.263 e. The van der Waals surface area contributed by atoms with Crippen LogP contribution in [-0.4, -0.2) is 13.5 Å². The molecule has 21 heavy (non-hydrogen) atoms. The maximum Gasteiger partial charge on any atom is 0.263 e. The number of nitrogens with one attached hydrogen (secondary N) is 1. The molecular weight excluding hydrogens is 445 g/mol. The van der Waals surface area contributed by atoms with Crippen LogP contribution < -0.4 is 4.72 Å². The lowest BCUT2D eigenvalue weighted by Crippen LogP contribution is -2.13. The monoisotopic (exact) mass is 449 g/mol. The Morgan fingerprint density at radius 2 is 1.76 bits per heavy atom. The van der Waals surface area contributed by atoms with E-state index in [4.69, 9.17) is 39.9 Å². The lowest BCUT2D eigenvalue weighted by Gasteiger charge is -2.11. The number of halogens is 4. The second kappa shape index (κ2) is 6.62. The zero-order valence-electron chi connectivity index (χ0n) is 10.0. The highest BCUT2D eigenvalue weighted by Crippen LogP contribution is 2.37. The standard InChI is InChI=1S/C11H7BrCl3NO3S2/c12-11-9(3-6(4-17)20-11)21(18,19)16-10-7(14)1-5(13)2-8(10)15/h1-3,16-17H,4H2. The maximum atomic E-state index is 12.4. The Morgan fingerprint density at radius 1 is 1.19 bits per heavy atom. The summed E-state index contributed by atoms with van der Waals surface area (Å²) in [6.07, 6.45) is 0. The molecule has 0 aliphatic heterocycles. The van der Waals surface area contributed by atoms with Crippen molar-refractivity contribution in [3.05, 3.63) is 41.9 Å². The molecule has 2 aromatic rings. The van der Waals surface area contributed by atoms with E-state index in [-0.39, 0.29) is 27.2 Å². The first-order valence-electron chi connectivity index (χ1n) is 5.31. The zero-order valence-corrected chi connectivity index (χ0v) is 15.5. The summed E-state index contributed by atoms with van der Waals surface area (Å²) in [5.74, 6) is 0. The van der Waals surface area contributed by atoms with Crippen LogP contribution in [0.1, 0.15) is 4.88 Å². The minimum Gasteiger partial charge on any atom is -0.391 e. The minimum atomic E-state index is -3.90. The third kappa shape index (κ3) is 3.85. The number of thiophene rings is 1. The molecule has 0 aliphatic carbocycles. The van der Waals surface area contributed by atoms with Crippen LogP contribution in [0.15, 0.2) is 26.9 Å². The molecule has 0 saturated heterocycles. The average Bonchev–Trinajstić information content (AvgIpc) is 2.76. The SMILES string of the molecule is O=S(=O)(Nc1c(Cl)cc(Cl)cc1Cl)c1cc(CO)sc1Br. The van der Waals surface area contributed by atoms with Crippen LogP contribution in [0.5, 0.6) is 0 Å². The number of rotatable bonds is 4. The lowest BCUT2D eigenvalue weighted by molar-refractivity contribution is 0.285. The van der Waals surface area contributed by atoms with Gasteiger partial charge in [0.1, 0.15) is 4.90 Å². The van der Waals surface area contributed by atoms with Crippen molar-refractivity contribution < 1.29 is 13.5 Å². The normalized spacial score (nSPS) is 11.7. The fourth-order valence-electron chi connectivity index (χ4n) is 1.49. The summed E-state index contributed by atoms with van der Waals surface area (Å²) in [6, 6.07) is 4.14. The predicted octanol–water partition coefficient (Wildman–Crippen LogP) is 4.76. The number of aliphatic hydroxyl groups is 1. The first kappa shape index (κ1) is 17.3. The summed E-state index contributed by atoms with van der Waals surface area (Å²) in [6.45, 7) is -0.249. The van der Waals surface area contributed by atoms with Crippen molar-refractivity contribution >= 4 is 77.8 Å². The van der Waals surface area contributed by atoms with Crippen molar-refractivity contribution in [2.45, 2.75) is 11.5 Å². The van der Waals surface area contributed by atoms with Gasteiger partial charge in [0.05, 0.1) is 26.1 Å². The van der Waals surface area contributed by atoms with Crippen molar-refractivity contribution in [1.82, 2.24) is 0 Å². The van der Waals surface area contributed by atoms with Crippen molar-refractivity contribution in [1.29, 1.82) is 0 Å². The molecule has 1 heterocycles. The van der Waals surface area contributed by atoms with Crippen LogP contribution in [0.25, 0.3) is 0 Å². The topological polar surface area (TPSA) is 66.4 Å². The summed E-state index contributed by atoms with van der Waals surface area (Å²) in [5.41, 5.74) is 0.0476. The first-order chi connectivity index (χ1) is 9.74. The minimum absolute atomic E-state index is 0.00127. The number of benzene rings is 1. The van der Waals surface area contributed by atoms with Gasteiger partial charge in [-0.1, -0.05) is 34.8 Å². The van der Waals surface area contributed by atoms with Crippen molar-refractivity contribution in [2.75, 3.05) is 4.72 Å². The number of hydrogen-bond acceptors (Lipinski definition) is 4. The van der Waals surface area contributed by atoms with Crippen molar-refractivity contribution in [2.24, 2.45) is 0 Å². The third-order valence-corrected chi connectivity index (χ3v) is 6.80. The van der Waals surface area contributed by atoms with E-state index in [1.807, 2.05) is 0 Å². The molecule has 0 unspecified atom stereocenters. The summed E-state index contributed by atoms with van der Waals surface area (Å²) in [7, 11) is -3.90. The van der Waals surface area contributed by atoms with E-state index in [9.17, 15) is 8.42 Å². The van der Waals surface area contributed by atoms with Crippen molar-refractivity contribution in [3.8, 4) is 0 Å². The van der Waals surface area contributed by atoms with Gasteiger partial charge in [0, 0.05) is 9.90 Å². The molecule has 1 aromatic carbocycles. The molecule has 0 spiro atoms. The molecule has 10 heteroatoms. The van der Waals surface area contributed by atoms with Gasteiger partial charge in [0.25, 0.3) is 10.0 Å². The van der Waals surface area contributed by atoms with Gasteiger partial charge in [0.15, 0.2) is 0 Å². The second-order valence-corrected chi connectivity index (χ2v) is 9.22. The van der Waals surface area contributed by atoms with Gasteiger partial charge in [-0.3, -0.25) is 4.72 Å². The molecule has 114 valence electrons. The second-order valence-electron chi connectivity index (χ2n) is 3.86. The summed E-state index contributed by atoms with van der Waals surface area (Å²) < 4.78 is 27.4. The van der Waals surface area contributed by atoms with E-state index in [1.54, 1.807) is 0 Å². The number of aliphatic hydroxyl groups excluding tert-OH is 1. The third-order valence-electron chi connectivity index (χ3n) is 2.40. The molecule has 1 aromatic heterocycles. The van der Waals surface area contributed by atoms with Gasteiger partial charge in [-0.15, -0.1) is 11.3 Å². The molecule has 0 bridgehead atoms. The zero-order chi connectivity index (χ0) is 15.8. The van der Waals surface area contributed by atoms with E-state index >= 15 is 0 Å². The highest BCUT2D eigenvalue weighted by molar-refractivity contribution is 9.11. The Hall–Kier alpha value is -0.0200. The summed E-state index contributed by atoms with van der Waals surface area (Å²) in [4.78, 5) is 0.509. The molecule has 4 nitrogen and oxygen atoms in total. The predicted molar refractivity (Wildman–Crippen MR) is 90.2 cm³/mol. The van der Waals surface area contributed by atoms with Crippen LogP contribution in [0.3, 0.4) is 0 Å². The Kier molecular flexibility index (Phi) is 5.46. The molecule has 0 amide bonds. The lowest BCUT2D eigenvalue weighted by atomic mass is 10.3. The fourth-order valence-corrected chi connectivity index (χ4v) is 6.16. The van der Waals surface area contributed by atoms with Gasteiger partial charge < -0.3 is 5.11 Å². The molecule has 0 radical (unpaired) electrons. The van der Waals surface area contributed by atoms with E-state index < -0.39 is 10.0 Å². The Balaban J connectivity index is 2.44. The van der Waals surface area contributed by atoms with Gasteiger partial charge in [-0.05, 0) is 34.1 Å². The van der Waals surface area contributed by atoms with E-state index in [2.05, 4.69) is 20.7 Å². The Bertz CT molecular complexity index is 769. The number of hydrogen-bond donors (Lipinski definition) is 2. The van der Waals surface area contributed by atoms with Gasteiger partial charge >= 0.3 is 0 Å². The Morgan fingerprint density at radius 3 is 2.24 bits per heavy atom. The van der Waals surface area contributed by atoms with Crippen molar-refractivity contribution in [3.63, 3.8) is 0 Å². The molecule has 0 fully saturated rings. The summed E-state index contributed by atoms with van der Waals surface area (Å²) >= 11 is 22.0. The van der Waals surface area contributed by atoms with Crippen LogP contribution in [-0.2, 0) is 16.6 Å². The molecule has 0 atom stereocenters.